The molecule has 9 nitrogen and oxygen atoms in total. The zero-order valence-corrected chi connectivity index (χ0v) is 31.5. The average molecular weight is 758 g/mol. The number of nitrogens with zero attached hydrogens (tertiary/aromatic N) is 2. The summed E-state index contributed by atoms with van der Waals surface area (Å²) in [5.41, 5.74) is 7.33. The van der Waals surface area contributed by atoms with Gasteiger partial charge in [0.05, 0.1) is 10.4 Å². The summed E-state index contributed by atoms with van der Waals surface area (Å²) in [5.74, 6) is 1.52. The number of benzene rings is 4. The summed E-state index contributed by atoms with van der Waals surface area (Å²) < 4.78 is 13.5. The molecule has 9 rings (SSSR count). The summed E-state index contributed by atoms with van der Waals surface area (Å²) in [4.78, 5) is 38.5. The molecule has 1 fully saturated rings. The van der Waals surface area contributed by atoms with Crippen LogP contribution >= 0.6 is 22.9 Å². The maximum Gasteiger partial charge on any atom is 0.274 e. The highest BCUT2D eigenvalue weighted by Gasteiger charge is 2.36. The van der Waals surface area contributed by atoms with Gasteiger partial charge in [-0.15, -0.1) is 22.9 Å². The number of ether oxygens (including phenoxy) is 2. The van der Waals surface area contributed by atoms with Crippen molar-refractivity contribution in [3.8, 4) is 11.5 Å². The number of thiophene rings is 1. The van der Waals surface area contributed by atoms with Gasteiger partial charge in [0, 0.05) is 63.8 Å². The van der Waals surface area contributed by atoms with Crippen molar-refractivity contribution in [2.45, 2.75) is 32.3 Å². The van der Waals surface area contributed by atoms with E-state index in [9.17, 15) is 9.59 Å². The lowest BCUT2D eigenvalue weighted by molar-refractivity contribution is 0.0982. The molecule has 0 spiro atoms. The number of fused-ring (bicyclic) bond motifs is 5. The lowest BCUT2D eigenvalue weighted by Crippen LogP contribution is -2.30. The minimum Gasteiger partial charge on any atom is -0.492 e. The first-order valence-corrected chi connectivity index (χ1v) is 19.8. The number of hydrogen-bond acceptors (Lipinski definition) is 6. The van der Waals surface area contributed by atoms with E-state index in [4.69, 9.17) is 21.1 Å². The van der Waals surface area contributed by atoms with Crippen molar-refractivity contribution in [2.75, 3.05) is 48.9 Å². The Morgan fingerprint density at radius 2 is 1.67 bits per heavy atom. The third-order valence-corrected chi connectivity index (χ3v) is 12.1. The Balaban J connectivity index is 0.929. The van der Waals surface area contributed by atoms with Gasteiger partial charge < -0.3 is 29.7 Å². The van der Waals surface area contributed by atoms with Crippen LogP contribution in [0.5, 0.6) is 11.5 Å². The second-order valence-electron chi connectivity index (χ2n) is 14.2. The number of amides is 2. The number of carbonyl (C=O) groups is 2. The Hall–Kier alpha value is -5.29. The number of alkyl halides is 1. The highest BCUT2D eigenvalue weighted by atomic mass is 35.5. The zero-order valence-electron chi connectivity index (χ0n) is 29.9. The van der Waals surface area contributed by atoms with E-state index < -0.39 is 0 Å². The SMILES string of the molecule is Cc1csc2c(OCc3ccccc3)cc3c(c12)C(CCl)CN3C(=O)c1cc2cc(NC(=O)c3cc4cc(OCCN5CCCC5)ccc4[nH]3)ccc2[nH]1. The van der Waals surface area contributed by atoms with Gasteiger partial charge in [-0.3, -0.25) is 14.5 Å². The van der Waals surface area contributed by atoms with Crippen LogP contribution < -0.4 is 19.7 Å². The van der Waals surface area contributed by atoms with E-state index in [-0.39, 0.29) is 17.7 Å². The highest BCUT2D eigenvalue weighted by molar-refractivity contribution is 7.17. The van der Waals surface area contributed by atoms with Gasteiger partial charge in [0.15, 0.2) is 0 Å². The molecular formula is C43H40ClN5O4S. The molecule has 5 heterocycles. The molecule has 0 radical (unpaired) electrons. The smallest absolute Gasteiger partial charge is 0.274 e. The number of carbonyl (C=O) groups excluding carboxylic acids is 2. The molecule has 0 bridgehead atoms. The number of hydrogen-bond donors (Lipinski definition) is 3. The topological polar surface area (TPSA) is 103 Å². The standard InChI is InChI=1S/C43H40ClN5O4S/c1-26-25-54-41-38(53-24-27-7-3-2-4-8-27)21-37-40(39(26)41)30(22-44)23-49(37)43(51)36-20-28-17-31(9-11-33(28)47-36)45-42(50)35-19-29-18-32(10-12-34(29)46-35)52-16-15-48-13-5-6-14-48/h2-4,7-12,17-21,25,30,46-47H,5-6,13-16,22-24H2,1H3,(H,45,50). The predicted molar refractivity (Wildman–Crippen MR) is 218 cm³/mol. The quantitative estimate of drug-likeness (QED) is 0.114. The number of anilines is 2. The minimum atomic E-state index is -0.255. The van der Waals surface area contributed by atoms with Crippen molar-refractivity contribution >= 4 is 78.0 Å². The van der Waals surface area contributed by atoms with Crippen LogP contribution in [0.4, 0.5) is 11.4 Å². The van der Waals surface area contributed by atoms with Crippen LogP contribution in [0.15, 0.2) is 90.3 Å². The van der Waals surface area contributed by atoms with E-state index in [1.807, 2.05) is 89.8 Å². The van der Waals surface area contributed by atoms with Gasteiger partial charge in [-0.1, -0.05) is 30.3 Å². The van der Waals surface area contributed by atoms with Gasteiger partial charge in [0.2, 0.25) is 0 Å². The lowest BCUT2D eigenvalue weighted by Gasteiger charge is -2.18. The Morgan fingerprint density at radius 1 is 0.907 bits per heavy atom. The summed E-state index contributed by atoms with van der Waals surface area (Å²) in [6, 6.07) is 27.2. The predicted octanol–water partition coefficient (Wildman–Crippen LogP) is 9.46. The molecule has 274 valence electrons. The first-order chi connectivity index (χ1) is 26.4. The molecule has 1 unspecified atom stereocenters. The molecule has 7 aromatic rings. The second kappa shape index (κ2) is 14.5. The fourth-order valence-corrected chi connectivity index (χ4v) is 9.14. The molecule has 3 aromatic heterocycles. The second-order valence-corrected chi connectivity index (χ2v) is 15.4. The monoisotopic (exact) mass is 757 g/mol. The summed E-state index contributed by atoms with van der Waals surface area (Å²) in [6.45, 7) is 6.84. The summed E-state index contributed by atoms with van der Waals surface area (Å²) in [7, 11) is 0. The largest absolute Gasteiger partial charge is 0.492 e. The molecule has 11 heteroatoms. The maximum absolute atomic E-state index is 14.3. The van der Waals surface area contributed by atoms with Gasteiger partial charge >= 0.3 is 0 Å². The van der Waals surface area contributed by atoms with Crippen molar-refractivity contribution in [3.05, 3.63) is 118 Å². The van der Waals surface area contributed by atoms with Crippen LogP contribution in [-0.4, -0.2) is 65.3 Å². The molecule has 2 amide bonds. The summed E-state index contributed by atoms with van der Waals surface area (Å²) >= 11 is 8.23. The Kier molecular flexibility index (Phi) is 9.26. The van der Waals surface area contributed by atoms with Crippen LogP contribution in [-0.2, 0) is 6.61 Å². The van der Waals surface area contributed by atoms with Crippen molar-refractivity contribution in [3.63, 3.8) is 0 Å². The van der Waals surface area contributed by atoms with E-state index in [0.717, 1.165) is 85.4 Å². The fourth-order valence-electron chi connectivity index (χ4n) is 7.85. The van der Waals surface area contributed by atoms with Gasteiger partial charge in [-0.05, 0) is 103 Å². The molecule has 2 aliphatic rings. The van der Waals surface area contributed by atoms with E-state index in [2.05, 4.69) is 32.5 Å². The molecule has 1 atom stereocenters. The van der Waals surface area contributed by atoms with Crippen molar-refractivity contribution in [1.82, 2.24) is 14.9 Å². The van der Waals surface area contributed by atoms with Gasteiger partial charge in [-0.25, -0.2) is 0 Å². The van der Waals surface area contributed by atoms with E-state index in [1.165, 1.54) is 12.8 Å². The van der Waals surface area contributed by atoms with Crippen LogP contribution in [0.2, 0.25) is 0 Å². The molecule has 0 saturated carbocycles. The van der Waals surface area contributed by atoms with Crippen molar-refractivity contribution in [2.24, 2.45) is 0 Å². The van der Waals surface area contributed by atoms with Crippen molar-refractivity contribution in [1.29, 1.82) is 0 Å². The first-order valence-electron chi connectivity index (χ1n) is 18.4. The highest BCUT2D eigenvalue weighted by Crippen LogP contribution is 2.49. The molecule has 1 saturated heterocycles. The van der Waals surface area contributed by atoms with Crippen LogP contribution in [0.3, 0.4) is 0 Å². The molecule has 3 N–H and O–H groups in total. The third-order valence-electron chi connectivity index (χ3n) is 10.6. The van der Waals surface area contributed by atoms with Crippen LogP contribution in [0, 0.1) is 6.92 Å². The zero-order chi connectivity index (χ0) is 36.8. The van der Waals surface area contributed by atoms with Gasteiger partial charge in [0.1, 0.15) is 36.1 Å². The van der Waals surface area contributed by atoms with Crippen molar-refractivity contribution < 1.29 is 19.1 Å². The summed E-state index contributed by atoms with van der Waals surface area (Å²) in [5, 5.41) is 8.00. The first kappa shape index (κ1) is 34.5. The number of aryl methyl sites for hydroxylation is 1. The molecule has 0 aliphatic carbocycles. The Labute approximate surface area is 321 Å². The number of H-pyrrole nitrogens is 2. The summed E-state index contributed by atoms with van der Waals surface area (Å²) in [6.07, 6.45) is 2.52. The third kappa shape index (κ3) is 6.59. The Bertz CT molecular complexity index is 2520. The number of likely N-dealkylation sites (tertiary alicyclic amines) is 1. The molecule has 4 aromatic carbocycles. The van der Waals surface area contributed by atoms with Crippen LogP contribution in [0.1, 0.15) is 56.4 Å². The van der Waals surface area contributed by atoms with Crippen LogP contribution in [0.25, 0.3) is 31.9 Å². The number of aromatic nitrogens is 2. The maximum atomic E-state index is 14.3. The Morgan fingerprint density at radius 3 is 2.48 bits per heavy atom. The average Bonchev–Trinajstić information content (AvgIpc) is 4.04. The van der Waals surface area contributed by atoms with Gasteiger partial charge in [-0.2, -0.15) is 0 Å². The molecule has 54 heavy (non-hydrogen) atoms. The molecular weight excluding hydrogens is 718 g/mol. The number of rotatable bonds is 11. The van der Waals surface area contributed by atoms with Gasteiger partial charge in [0.25, 0.3) is 11.8 Å². The van der Waals surface area contributed by atoms with E-state index in [0.29, 0.717) is 42.7 Å². The number of aromatic amines is 2. The normalized spacial score (nSPS) is 15.7. The number of halogens is 1. The number of nitrogens with one attached hydrogen (secondary N) is 3. The lowest BCUT2D eigenvalue weighted by atomic mass is 9.97. The van der Waals surface area contributed by atoms with E-state index in [1.54, 1.807) is 11.3 Å². The minimum absolute atomic E-state index is 0.0145. The molecule has 2 aliphatic heterocycles. The fraction of sp³-hybridized carbons (Fsp3) is 0.256. The van der Waals surface area contributed by atoms with E-state index >= 15 is 0 Å².